The summed E-state index contributed by atoms with van der Waals surface area (Å²) in [5.74, 6) is 0. The molecule has 4 nitrogen and oxygen atoms in total. The normalized spacial score (nSPS) is 17.6. The summed E-state index contributed by atoms with van der Waals surface area (Å²) in [6.45, 7) is 5.07. The average Bonchev–Trinajstić information content (AvgIpc) is 2.73. The van der Waals surface area contributed by atoms with Gasteiger partial charge in [-0.3, -0.25) is 0 Å². The SMILES string of the molecule is Cc1cccc(CN2c3ccc(S(N)(=O)=O)cc3C[C@H]2C)c1. The molecule has 0 radical (unpaired) electrons. The molecule has 22 heavy (non-hydrogen) atoms. The van der Waals surface area contributed by atoms with Gasteiger partial charge in [0.15, 0.2) is 0 Å². The Bertz CT molecular complexity index is 815. The Kier molecular flexibility index (Phi) is 3.70. The summed E-state index contributed by atoms with van der Waals surface area (Å²) >= 11 is 0. The maximum Gasteiger partial charge on any atom is 0.238 e. The Balaban J connectivity index is 1.93. The van der Waals surface area contributed by atoms with Gasteiger partial charge >= 0.3 is 0 Å². The van der Waals surface area contributed by atoms with E-state index in [4.69, 9.17) is 5.14 Å². The second-order valence-electron chi connectivity index (χ2n) is 6.01. The highest BCUT2D eigenvalue weighted by Gasteiger charge is 2.27. The highest BCUT2D eigenvalue weighted by Crippen LogP contribution is 2.34. The predicted octanol–water partition coefficient (Wildman–Crippen LogP) is 2.59. The standard InChI is InChI=1S/C17H20N2O2S/c1-12-4-3-5-14(8-12)11-19-13(2)9-15-10-16(22(18,20)21)6-7-17(15)19/h3-8,10,13H,9,11H2,1-2H3,(H2,18,20,21)/t13-/m1/s1. The van der Waals surface area contributed by atoms with Gasteiger partial charge in [0.1, 0.15) is 0 Å². The van der Waals surface area contributed by atoms with E-state index >= 15 is 0 Å². The number of nitrogens with two attached hydrogens (primary N) is 1. The lowest BCUT2D eigenvalue weighted by Crippen LogP contribution is -2.28. The number of hydrogen-bond acceptors (Lipinski definition) is 3. The fraction of sp³-hybridized carbons (Fsp3) is 0.294. The second kappa shape index (κ2) is 5.41. The van der Waals surface area contributed by atoms with Crippen LogP contribution in [0.25, 0.3) is 0 Å². The van der Waals surface area contributed by atoms with Gasteiger partial charge in [0.2, 0.25) is 10.0 Å². The summed E-state index contributed by atoms with van der Waals surface area (Å²) in [6.07, 6.45) is 0.838. The average molecular weight is 316 g/mol. The number of sulfonamides is 1. The van der Waals surface area contributed by atoms with Gasteiger partial charge < -0.3 is 4.90 Å². The van der Waals surface area contributed by atoms with E-state index < -0.39 is 10.0 Å². The van der Waals surface area contributed by atoms with Crippen molar-refractivity contribution in [3.63, 3.8) is 0 Å². The third-order valence-electron chi connectivity index (χ3n) is 4.17. The molecule has 2 N–H and O–H groups in total. The molecule has 0 saturated heterocycles. The largest absolute Gasteiger partial charge is 0.364 e. The highest BCUT2D eigenvalue weighted by molar-refractivity contribution is 7.89. The van der Waals surface area contributed by atoms with Crippen LogP contribution in [0.1, 0.15) is 23.6 Å². The second-order valence-corrected chi connectivity index (χ2v) is 7.57. The Labute approximate surface area is 131 Å². The fourth-order valence-corrected chi connectivity index (χ4v) is 3.66. The first-order valence-corrected chi connectivity index (χ1v) is 8.87. The summed E-state index contributed by atoms with van der Waals surface area (Å²) in [6, 6.07) is 14.0. The Morgan fingerprint density at radius 2 is 2.00 bits per heavy atom. The molecule has 0 amide bonds. The van der Waals surface area contributed by atoms with Crippen LogP contribution in [0.2, 0.25) is 0 Å². The Morgan fingerprint density at radius 3 is 2.68 bits per heavy atom. The van der Waals surface area contributed by atoms with Crippen molar-refractivity contribution >= 4 is 15.7 Å². The number of rotatable bonds is 3. The maximum absolute atomic E-state index is 11.5. The van der Waals surface area contributed by atoms with E-state index in [2.05, 4.69) is 43.0 Å². The first kappa shape index (κ1) is 15.1. The summed E-state index contributed by atoms with van der Waals surface area (Å²) < 4.78 is 23.0. The number of fused-ring (bicyclic) bond motifs is 1. The van der Waals surface area contributed by atoms with Crippen molar-refractivity contribution < 1.29 is 8.42 Å². The van der Waals surface area contributed by atoms with Crippen molar-refractivity contribution in [3.8, 4) is 0 Å². The van der Waals surface area contributed by atoms with Crippen molar-refractivity contribution in [2.45, 2.75) is 37.8 Å². The zero-order valence-electron chi connectivity index (χ0n) is 12.8. The zero-order valence-corrected chi connectivity index (χ0v) is 13.6. The third-order valence-corrected chi connectivity index (χ3v) is 5.08. The molecule has 3 rings (SSSR count). The quantitative estimate of drug-likeness (QED) is 0.946. The minimum atomic E-state index is -3.64. The number of nitrogens with zero attached hydrogens (tertiary/aromatic N) is 1. The van der Waals surface area contributed by atoms with Gasteiger partial charge in [-0.2, -0.15) is 0 Å². The van der Waals surface area contributed by atoms with E-state index in [1.807, 2.05) is 6.07 Å². The van der Waals surface area contributed by atoms with Crippen LogP contribution in [0.4, 0.5) is 5.69 Å². The molecule has 1 aliphatic heterocycles. The maximum atomic E-state index is 11.5. The zero-order chi connectivity index (χ0) is 15.9. The molecular formula is C17H20N2O2S. The molecule has 0 unspecified atom stereocenters. The summed E-state index contributed by atoms with van der Waals surface area (Å²) in [4.78, 5) is 2.51. The number of anilines is 1. The number of benzene rings is 2. The van der Waals surface area contributed by atoms with Crippen LogP contribution in [-0.4, -0.2) is 14.5 Å². The van der Waals surface area contributed by atoms with Crippen molar-refractivity contribution in [2.24, 2.45) is 5.14 Å². The van der Waals surface area contributed by atoms with Gasteiger partial charge in [-0.25, -0.2) is 13.6 Å². The number of hydrogen-bond donors (Lipinski definition) is 1. The molecule has 1 heterocycles. The van der Waals surface area contributed by atoms with Crippen LogP contribution in [0.15, 0.2) is 47.4 Å². The molecule has 2 aromatic rings. The first-order valence-electron chi connectivity index (χ1n) is 7.32. The molecule has 0 spiro atoms. The van der Waals surface area contributed by atoms with E-state index in [0.29, 0.717) is 6.04 Å². The summed E-state index contributed by atoms with van der Waals surface area (Å²) in [5.41, 5.74) is 4.65. The van der Waals surface area contributed by atoms with Crippen LogP contribution < -0.4 is 10.0 Å². The van der Waals surface area contributed by atoms with Gasteiger partial charge in [-0.15, -0.1) is 0 Å². The molecule has 0 aromatic heterocycles. The molecule has 1 atom stereocenters. The molecule has 2 aromatic carbocycles. The van der Waals surface area contributed by atoms with Crippen molar-refractivity contribution in [3.05, 3.63) is 59.2 Å². The summed E-state index contributed by atoms with van der Waals surface area (Å²) in [5, 5.41) is 5.22. The molecular weight excluding hydrogens is 296 g/mol. The monoisotopic (exact) mass is 316 g/mol. The molecule has 5 heteroatoms. The van der Waals surface area contributed by atoms with Gasteiger partial charge in [0.25, 0.3) is 0 Å². The highest BCUT2D eigenvalue weighted by atomic mass is 32.2. The van der Waals surface area contributed by atoms with Crippen LogP contribution in [0, 0.1) is 6.92 Å². The number of aryl methyl sites for hydroxylation is 1. The molecule has 0 fully saturated rings. The topological polar surface area (TPSA) is 63.4 Å². The van der Waals surface area contributed by atoms with Gasteiger partial charge in [0, 0.05) is 18.3 Å². The van der Waals surface area contributed by atoms with E-state index in [-0.39, 0.29) is 4.90 Å². The molecule has 1 aliphatic rings. The van der Waals surface area contributed by atoms with Crippen LogP contribution in [-0.2, 0) is 23.0 Å². The van der Waals surface area contributed by atoms with Crippen molar-refractivity contribution in [1.29, 1.82) is 0 Å². The van der Waals surface area contributed by atoms with Crippen molar-refractivity contribution in [1.82, 2.24) is 0 Å². The van der Waals surface area contributed by atoms with Gasteiger partial charge in [-0.05, 0) is 49.6 Å². The lowest BCUT2D eigenvalue weighted by Gasteiger charge is -2.25. The lowest BCUT2D eigenvalue weighted by atomic mass is 10.1. The van der Waals surface area contributed by atoms with Crippen LogP contribution in [0.5, 0.6) is 0 Å². The molecule has 0 bridgehead atoms. The Hall–Kier alpha value is -1.85. The van der Waals surface area contributed by atoms with E-state index in [0.717, 1.165) is 24.2 Å². The van der Waals surface area contributed by atoms with Crippen molar-refractivity contribution in [2.75, 3.05) is 4.90 Å². The summed E-state index contributed by atoms with van der Waals surface area (Å²) in [7, 11) is -3.64. The minimum Gasteiger partial charge on any atom is -0.364 e. The van der Waals surface area contributed by atoms with Crippen LogP contribution >= 0.6 is 0 Å². The lowest BCUT2D eigenvalue weighted by molar-refractivity contribution is 0.597. The predicted molar refractivity (Wildman–Crippen MR) is 88.3 cm³/mol. The minimum absolute atomic E-state index is 0.191. The first-order chi connectivity index (χ1) is 10.3. The molecule has 0 saturated carbocycles. The third kappa shape index (κ3) is 2.87. The van der Waals surface area contributed by atoms with Gasteiger partial charge in [-0.1, -0.05) is 29.8 Å². The van der Waals surface area contributed by atoms with E-state index in [1.165, 1.54) is 11.1 Å². The molecule has 0 aliphatic carbocycles. The smallest absolute Gasteiger partial charge is 0.238 e. The van der Waals surface area contributed by atoms with E-state index in [9.17, 15) is 8.42 Å². The van der Waals surface area contributed by atoms with Crippen LogP contribution in [0.3, 0.4) is 0 Å². The van der Waals surface area contributed by atoms with Gasteiger partial charge in [0.05, 0.1) is 4.90 Å². The fourth-order valence-electron chi connectivity index (χ4n) is 3.10. The number of primary sulfonamides is 1. The molecule has 116 valence electrons. The Morgan fingerprint density at radius 1 is 1.23 bits per heavy atom. The van der Waals surface area contributed by atoms with E-state index in [1.54, 1.807) is 12.1 Å².